The number of ether oxygens (including phenoxy) is 2. The molecule has 3 aromatic rings. The minimum Gasteiger partial charge on any atom is -0.493 e. The zero-order valence-electron chi connectivity index (χ0n) is 19.8. The van der Waals surface area contributed by atoms with Crippen LogP contribution in [0, 0.1) is 11.8 Å². The molecule has 0 bridgehead atoms. The van der Waals surface area contributed by atoms with Crippen LogP contribution in [0.5, 0.6) is 11.5 Å². The van der Waals surface area contributed by atoms with E-state index in [-0.39, 0.29) is 11.5 Å². The highest BCUT2D eigenvalue weighted by molar-refractivity contribution is 7.10. The van der Waals surface area contributed by atoms with Crippen LogP contribution >= 0.6 is 11.3 Å². The van der Waals surface area contributed by atoms with Crippen LogP contribution in [0.1, 0.15) is 48.4 Å². The van der Waals surface area contributed by atoms with E-state index < -0.39 is 0 Å². The topological polar surface area (TPSA) is 21.7 Å². The van der Waals surface area contributed by atoms with E-state index in [1.165, 1.54) is 27.1 Å². The molecule has 3 nitrogen and oxygen atoms in total. The van der Waals surface area contributed by atoms with Gasteiger partial charge in [0.2, 0.25) is 0 Å². The summed E-state index contributed by atoms with van der Waals surface area (Å²) in [4.78, 5) is 3.63. The van der Waals surface area contributed by atoms with E-state index in [9.17, 15) is 0 Å². The summed E-state index contributed by atoms with van der Waals surface area (Å²) in [6.07, 6.45) is 0.930. The Morgan fingerprint density at radius 3 is 2.31 bits per heavy atom. The number of benzene rings is 2. The van der Waals surface area contributed by atoms with Crippen molar-refractivity contribution in [1.29, 1.82) is 0 Å². The average molecular weight is 446 g/mol. The van der Waals surface area contributed by atoms with Crippen LogP contribution in [0.3, 0.4) is 0 Å². The third-order valence-corrected chi connectivity index (χ3v) is 7.09. The fourth-order valence-corrected chi connectivity index (χ4v) is 5.16. The van der Waals surface area contributed by atoms with Crippen molar-refractivity contribution in [3.05, 3.63) is 69.4 Å². The van der Waals surface area contributed by atoms with Crippen LogP contribution in [-0.2, 0) is 11.8 Å². The van der Waals surface area contributed by atoms with Gasteiger partial charge in [0.25, 0.3) is 0 Å². The number of thiophene rings is 1. The lowest BCUT2D eigenvalue weighted by Gasteiger charge is -2.28. The summed E-state index contributed by atoms with van der Waals surface area (Å²) in [6, 6.07) is 15.1. The van der Waals surface area contributed by atoms with Gasteiger partial charge in [-0.1, -0.05) is 44.7 Å². The monoisotopic (exact) mass is 445 g/mol. The predicted octanol–water partition coefficient (Wildman–Crippen LogP) is 6.31. The summed E-state index contributed by atoms with van der Waals surface area (Å²) in [7, 11) is 5.54. The van der Waals surface area contributed by atoms with Crippen LogP contribution in [0.2, 0.25) is 0 Å². The lowest BCUT2D eigenvalue weighted by molar-refractivity contribution is 0.299. The average Bonchev–Trinajstić information content (AvgIpc) is 3.25. The molecule has 2 aromatic carbocycles. The maximum Gasteiger partial charge on any atom is 0.161 e. The lowest BCUT2D eigenvalue weighted by Crippen LogP contribution is -2.27. The Morgan fingerprint density at radius 2 is 1.66 bits per heavy atom. The number of rotatable bonds is 2. The maximum atomic E-state index is 5.59. The van der Waals surface area contributed by atoms with Gasteiger partial charge in [-0.15, -0.1) is 11.3 Å². The molecule has 2 heterocycles. The number of hydrogen-bond acceptors (Lipinski definition) is 4. The van der Waals surface area contributed by atoms with Crippen LogP contribution in [0.15, 0.2) is 47.8 Å². The molecule has 0 N–H and O–H groups in total. The summed E-state index contributed by atoms with van der Waals surface area (Å²) >= 11 is 1.77. The molecular formula is C28H31NO2S. The van der Waals surface area contributed by atoms with Crippen LogP contribution in [0.4, 0.5) is 0 Å². The number of hydrogen-bond donors (Lipinski definition) is 0. The normalized spacial score (nSPS) is 16.1. The van der Waals surface area contributed by atoms with Gasteiger partial charge >= 0.3 is 0 Å². The predicted molar refractivity (Wildman–Crippen MR) is 134 cm³/mol. The largest absolute Gasteiger partial charge is 0.493 e. The SMILES string of the molecule is COc1cc2c(cc1OC)-c1ccsc1C(C#Cc1ccc(C(C)(C)C)cc1)N(C)CC2. The summed E-state index contributed by atoms with van der Waals surface area (Å²) < 4.78 is 11.1. The van der Waals surface area contributed by atoms with Gasteiger partial charge < -0.3 is 9.47 Å². The number of nitrogens with zero attached hydrogens (tertiary/aromatic N) is 1. The molecule has 1 aromatic heterocycles. The Hall–Kier alpha value is -2.74. The first-order valence-electron chi connectivity index (χ1n) is 11.0. The highest BCUT2D eigenvalue weighted by atomic mass is 32.1. The molecule has 166 valence electrons. The minimum atomic E-state index is 0.0496. The second-order valence-electron chi connectivity index (χ2n) is 9.29. The zero-order chi connectivity index (χ0) is 22.9. The molecule has 0 saturated carbocycles. The Labute approximate surface area is 196 Å². The van der Waals surface area contributed by atoms with Crippen molar-refractivity contribution in [3.8, 4) is 34.5 Å². The second-order valence-corrected chi connectivity index (χ2v) is 10.2. The molecule has 0 spiro atoms. The van der Waals surface area contributed by atoms with Crippen molar-refractivity contribution in [2.45, 2.75) is 38.6 Å². The van der Waals surface area contributed by atoms with Gasteiger partial charge in [-0.05, 0) is 76.8 Å². The van der Waals surface area contributed by atoms with Gasteiger partial charge in [0.05, 0.1) is 14.2 Å². The lowest BCUT2D eigenvalue weighted by atomic mass is 9.87. The van der Waals surface area contributed by atoms with Gasteiger partial charge in [-0.3, -0.25) is 4.90 Å². The standard InChI is InChI=1S/C28H31NO2S/c1-28(2,3)21-10-7-19(8-11-21)9-12-24-27-22(14-16-32-27)23-18-26(31-6)25(30-5)17-20(23)13-15-29(24)4/h7-8,10-11,14,16-18,24H,13,15H2,1-6H3. The Morgan fingerprint density at radius 1 is 0.969 bits per heavy atom. The van der Waals surface area contributed by atoms with E-state index >= 15 is 0 Å². The third kappa shape index (κ3) is 4.41. The molecule has 4 rings (SSSR count). The van der Waals surface area contributed by atoms with E-state index in [4.69, 9.17) is 9.47 Å². The molecule has 32 heavy (non-hydrogen) atoms. The molecule has 0 fully saturated rings. The second kappa shape index (κ2) is 9.02. The first-order valence-corrected chi connectivity index (χ1v) is 11.8. The van der Waals surface area contributed by atoms with Crippen LogP contribution < -0.4 is 9.47 Å². The van der Waals surface area contributed by atoms with Gasteiger partial charge in [-0.2, -0.15) is 0 Å². The highest BCUT2D eigenvalue weighted by Crippen LogP contribution is 2.43. The Bertz CT molecular complexity index is 1160. The van der Waals surface area contributed by atoms with E-state index in [1.54, 1.807) is 25.6 Å². The first-order chi connectivity index (χ1) is 15.3. The fourth-order valence-electron chi connectivity index (χ4n) is 4.14. The quantitative estimate of drug-likeness (QED) is 0.432. The van der Waals surface area contributed by atoms with Crippen molar-refractivity contribution >= 4 is 11.3 Å². The number of fused-ring (bicyclic) bond motifs is 3. The van der Waals surface area contributed by atoms with Crippen LogP contribution in [-0.4, -0.2) is 32.7 Å². The van der Waals surface area contributed by atoms with E-state index in [1.807, 2.05) is 0 Å². The Balaban J connectivity index is 1.73. The van der Waals surface area contributed by atoms with E-state index in [0.717, 1.165) is 30.0 Å². The van der Waals surface area contributed by atoms with Gasteiger partial charge in [0, 0.05) is 17.0 Å². The first kappa shape index (κ1) is 22.5. The molecule has 1 atom stereocenters. The maximum absolute atomic E-state index is 5.59. The van der Waals surface area contributed by atoms with Crippen molar-refractivity contribution in [1.82, 2.24) is 4.90 Å². The molecule has 1 aliphatic heterocycles. The molecule has 4 heteroatoms. The number of methoxy groups -OCH3 is 2. The highest BCUT2D eigenvalue weighted by Gasteiger charge is 2.26. The van der Waals surface area contributed by atoms with Crippen LogP contribution in [0.25, 0.3) is 11.1 Å². The van der Waals surface area contributed by atoms with Crippen molar-refractivity contribution in [2.24, 2.45) is 0 Å². The van der Waals surface area contributed by atoms with E-state index in [0.29, 0.717) is 0 Å². The summed E-state index contributed by atoms with van der Waals surface area (Å²) in [5, 5.41) is 2.16. The van der Waals surface area contributed by atoms with Crippen molar-refractivity contribution in [2.75, 3.05) is 27.8 Å². The molecule has 1 aliphatic rings. The summed E-state index contributed by atoms with van der Waals surface area (Å²) in [6.45, 7) is 7.62. The summed E-state index contributed by atoms with van der Waals surface area (Å²) in [5.41, 5.74) is 6.26. The molecule has 1 unspecified atom stereocenters. The van der Waals surface area contributed by atoms with Gasteiger partial charge in [-0.25, -0.2) is 0 Å². The molecule has 0 amide bonds. The minimum absolute atomic E-state index is 0.0496. The third-order valence-electron chi connectivity index (χ3n) is 6.12. The van der Waals surface area contributed by atoms with Crippen molar-refractivity contribution in [3.63, 3.8) is 0 Å². The molecular weight excluding hydrogens is 414 g/mol. The summed E-state index contributed by atoms with van der Waals surface area (Å²) in [5.74, 6) is 8.55. The smallest absolute Gasteiger partial charge is 0.161 e. The van der Waals surface area contributed by atoms with Gasteiger partial charge in [0.1, 0.15) is 6.04 Å². The molecule has 0 radical (unpaired) electrons. The van der Waals surface area contributed by atoms with Gasteiger partial charge in [0.15, 0.2) is 11.5 Å². The van der Waals surface area contributed by atoms with Crippen molar-refractivity contribution < 1.29 is 9.47 Å². The van der Waals surface area contributed by atoms with E-state index in [2.05, 4.69) is 92.4 Å². The molecule has 0 saturated heterocycles. The number of likely N-dealkylation sites (N-methyl/N-ethyl adjacent to an activating group) is 1. The molecule has 0 aliphatic carbocycles. The zero-order valence-corrected chi connectivity index (χ0v) is 20.6. The Kier molecular flexibility index (Phi) is 6.33. The fraction of sp³-hybridized carbons (Fsp3) is 0.357.